The van der Waals surface area contributed by atoms with Crippen LogP contribution in [0, 0.1) is 0 Å². The van der Waals surface area contributed by atoms with Crippen LogP contribution in [0.5, 0.6) is 0 Å². The maximum absolute atomic E-state index is 13.0. The molecule has 2 N–H and O–H groups in total. The van der Waals surface area contributed by atoms with E-state index >= 15 is 0 Å². The van der Waals surface area contributed by atoms with Gasteiger partial charge in [0.05, 0.1) is 0 Å². The Morgan fingerprint density at radius 2 is 2.04 bits per heavy atom. The highest BCUT2D eigenvalue weighted by molar-refractivity contribution is 7.13. The van der Waals surface area contributed by atoms with Crippen LogP contribution >= 0.6 is 11.3 Å². The summed E-state index contributed by atoms with van der Waals surface area (Å²) in [7, 11) is 0. The van der Waals surface area contributed by atoms with Gasteiger partial charge in [-0.15, -0.1) is 11.3 Å². The number of carbonyl (C=O) groups excluding carboxylic acids is 2. The van der Waals surface area contributed by atoms with Gasteiger partial charge in [0.15, 0.2) is 5.13 Å². The summed E-state index contributed by atoms with van der Waals surface area (Å²) >= 11 is 1.50. The average Bonchev–Trinajstić information content (AvgIpc) is 3.35. The molecule has 0 aromatic carbocycles. The van der Waals surface area contributed by atoms with Crippen LogP contribution in [0.1, 0.15) is 51.4 Å². The molecular weight excluding hydrogens is 348 g/mol. The van der Waals surface area contributed by atoms with Crippen molar-refractivity contribution in [3.63, 3.8) is 0 Å². The number of hydrogen-bond acceptors (Lipinski definition) is 5. The van der Waals surface area contributed by atoms with Gasteiger partial charge in [-0.2, -0.15) is 0 Å². The minimum Gasteiger partial charge on any atom is -0.351 e. The van der Waals surface area contributed by atoms with Crippen LogP contribution in [0.2, 0.25) is 0 Å². The summed E-state index contributed by atoms with van der Waals surface area (Å²) in [6.45, 7) is 1.21. The van der Waals surface area contributed by atoms with Crippen LogP contribution in [-0.4, -0.2) is 46.4 Å². The Hall–Kier alpha value is -1.89. The lowest BCUT2D eigenvalue weighted by Crippen LogP contribution is -2.59. The number of likely N-dealkylation sites (tertiary alicyclic amines) is 1. The number of rotatable bonds is 5. The zero-order valence-electron chi connectivity index (χ0n) is 15.0. The summed E-state index contributed by atoms with van der Waals surface area (Å²) in [5.41, 5.74) is 0.289. The Kier molecular flexibility index (Phi) is 4.98. The number of anilines is 1. The van der Waals surface area contributed by atoms with E-state index in [2.05, 4.69) is 21.7 Å². The Morgan fingerprint density at radius 3 is 2.65 bits per heavy atom. The van der Waals surface area contributed by atoms with Crippen molar-refractivity contribution in [1.82, 2.24) is 15.2 Å². The fourth-order valence-electron chi connectivity index (χ4n) is 3.78. The van der Waals surface area contributed by atoms with Crippen LogP contribution in [0.15, 0.2) is 23.2 Å². The monoisotopic (exact) mass is 374 g/mol. The molecule has 140 valence electrons. The summed E-state index contributed by atoms with van der Waals surface area (Å²) in [4.78, 5) is 31.9. The molecule has 0 unspecified atom stereocenters. The Bertz CT molecular complexity index is 688. The molecular formula is C19H26N4O2S. The predicted molar refractivity (Wildman–Crippen MR) is 102 cm³/mol. The van der Waals surface area contributed by atoms with Crippen molar-refractivity contribution >= 4 is 28.3 Å². The molecule has 6 nitrogen and oxygen atoms in total. The zero-order chi connectivity index (χ0) is 18.0. The molecule has 2 aliphatic carbocycles. The topological polar surface area (TPSA) is 74.3 Å². The Morgan fingerprint density at radius 1 is 1.23 bits per heavy atom. The predicted octanol–water partition coefficient (Wildman–Crippen LogP) is 2.70. The van der Waals surface area contributed by atoms with E-state index in [1.54, 1.807) is 6.20 Å². The fraction of sp³-hybridized carbons (Fsp3) is 0.632. The van der Waals surface area contributed by atoms with Crippen molar-refractivity contribution < 1.29 is 9.59 Å². The third kappa shape index (κ3) is 3.77. The van der Waals surface area contributed by atoms with Gasteiger partial charge in [-0.25, -0.2) is 4.98 Å². The highest BCUT2D eigenvalue weighted by Gasteiger charge is 2.44. The van der Waals surface area contributed by atoms with Gasteiger partial charge in [0, 0.05) is 36.3 Å². The molecule has 0 bridgehead atoms. The minimum absolute atomic E-state index is 0.0548. The second-order valence-electron chi connectivity index (χ2n) is 7.56. The largest absolute Gasteiger partial charge is 0.351 e. The van der Waals surface area contributed by atoms with Gasteiger partial charge in [0.25, 0.3) is 0 Å². The molecule has 1 aliphatic heterocycles. The molecule has 1 saturated carbocycles. The summed E-state index contributed by atoms with van der Waals surface area (Å²) in [6, 6.07) is 0.324. The average molecular weight is 375 g/mol. The van der Waals surface area contributed by atoms with E-state index in [0.29, 0.717) is 32.0 Å². The molecule has 1 aromatic heterocycles. The van der Waals surface area contributed by atoms with Gasteiger partial charge in [0.2, 0.25) is 11.8 Å². The zero-order valence-corrected chi connectivity index (χ0v) is 15.8. The number of hydrogen-bond donors (Lipinski definition) is 2. The maximum atomic E-state index is 13.0. The molecule has 0 radical (unpaired) electrons. The van der Waals surface area contributed by atoms with Gasteiger partial charge in [-0.3, -0.25) is 9.59 Å². The number of thiazole rings is 1. The van der Waals surface area contributed by atoms with E-state index in [4.69, 9.17) is 0 Å². The smallest absolute Gasteiger partial charge is 0.249 e. The van der Waals surface area contributed by atoms with Gasteiger partial charge in [0.1, 0.15) is 5.54 Å². The summed E-state index contributed by atoms with van der Waals surface area (Å²) in [5.74, 6) is 0.217. The number of piperidine rings is 1. The van der Waals surface area contributed by atoms with Crippen molar-refractivity contribution in [1.29, 1.82) is 0 Å². The molecule has 3 aliphatic rings. The molecule has 2 amide bonds. The van der Waals surface area contributed by atoms with E-state index in [9.17, 15) is 9.59 Å². The molecule has 7 heteroatoms. The van der Waals surface area contributed by atoms with Gasteiger partial charge in [-0.05, 0) is 51.4 Å². The molecule has 2 heterocycles. The number of amides is 2. The van der Waals surface area contributed by atoms with Crippen molar-refractivity contribution in [3.8, 4) is 0 Å². The first-order chi connectivity index (χ1) is 12.7. The third-order valence-corrected chi connectivity index (χ3v) is 6.28. The molecule has 26 heavy (non-hydrogen) atoms. The van der Waals surface area contributed by atoms with E-state index in [1.165, 1.54) is 17.8 Å². The lowest BCUT2D eigenvalue weighted by molar-refractivity contribution is -0.133. The van der Waals surface area contributed by atoms with Crippen molar-refractivity contribution in [2.24, 2.45) is 0 Å². The quantitative estimate of drug-likeness (QED) is 0.831. The van der Waals surface area contributed by atoms with Gasteiger partial charge < -0.3 is 15.5 Å². The second kappa shape index (κ2) is 7.39. The van der Waals surface area contributed by atoms with Gasteiger partial charge in [-0.1, -0.05) is 6.08 Å². The highest BCUT2D eigenvalue weighted by atomic mass is 32.1. The third-order valence-electron chi connectivity index (χ3n) is 5.60. The number of carbonyl (C=O) groups is 2. The number of nitrogens with one attached hydrogen (secondary N) is 2. The molecule has 0 atom stereocenters. The van der Waals surface area contributed by atoms with E-state index < -0.39 is 5.54 Å². The lowest BCUT2D eigenvalue weighted by Gasteiger charge is -2.41. The van der Waals surface area contributed by atoms with Crippen LogP contribution in [-0.2, 0) is 9.59 Å². The SMILES string of the molecule is O=C(C1=CCCCC1)N1CCC(Nc2nccs2)(C(=O)NC2CC2)CC1. The summed E-state index contributed by atoms with van der Waals surface area (Å²) < 4.78 is 0. The lowest BCUT2D eigenvalue weighted by atomic mass is 9.85. The summed E-state index contributed by atoms with van der Waals surface area (Å²) in [6.07, 6.45) is 11.4. The highest BCUT2D eigenvalue weighted by Crippen LogP contribution is 2.31. The van der Waals surface area contributed by atoms with Crippen molar-refractivity contribution in [2.45, 2.75) is 62.9 Å². The molecule has 1 aromatic rings. The van der Waals surface area contributed by atoms with E-state index in [0.717, 1.165) is 42.8 Å². The van der Waals surface area contributed by atoms with Crippen LogP contribution in [0.25, 0.3) is 0 Å². The fourth-order valence-corrected chi connectivity index (χ4v) is 4.40. The molecule has 4 rings (SSSR count). The summed E-state index contributed by atoms with van der Waals surface area (Å²) in [5, 5.41) is 9.21. The first kappa shape index (κ1) is 17.5. The maximum Gasteiger partial charge on any atom is 0.249 e. The van der Waals surface area contributed by atoms with E-state index in [1.807, 2.05) is 10.3 Å². The molecule has 1 saturated heterocycles. The second-order valence-corrected chi connectivity index (χ2v) is 8.45. The standard InChI is InChI=1S/C19H26N4O2S/c24-16(14-4-2-1-3-5-14)23-11-8-19(9-12-23,17(25)21-15-6-7-15)22-18-20-10-13-26-18/h4,10,13,15H,1-3,5-9,11-12H2,(H,20,22)(H,21,25). The Balaban J connectivity index is 1.45. The number of allylic oxidation sites excluding steroid dienone is 1. The minimum atomic E-state index is -0.668. The van der Waals surface area contributed by atoms with Crippen LogP contribution in [0.3, 0.4) is 0 Å². The number of aromatic nitrogens is 1. The molecule has 2 fully saturated rings. The van der Waals surface area contributed by atoms with Crippen molar-refractivity contribution in [3.05, 3.63) is 23.2 Å². The van der Waals surface area contributed by atoms with Gasteiger partial charge >= 0.3 is 0 Å². The normalized spacial score (nSPS) is 22.5. The first-order valence-corrected chi connectivity index (χ1v) is 10.5. The van der Waals surface area contributed by atoms with Crippen LogP contribution < -0.4 is 10.6 Å². The first-order valence-electron chi connectivity index (χ1n) is 9.63. The van der Waals surface area contributed by atoms with Crippen LogP contribution in [0.4, 0.5) is 5.13 Å². The Labute approximate surface area is 158 Å². The molecule has 0 spiro atoms. The van der Waals surface area contributed by atoms with E-state index in [-0.39, 0.29) is 11.8 Å². The number of nitrogens with zero attached hydrogens (tertiary/aromatic N) is 2. The van der Waals surface area contributed by atoms with Crippen molar-refractivity contribution in [2.75, 3.05) is 18.4 Å².